The molecule has 0 aromatic heterocycles. The topological polar surface area (TPSA) is 41.9 Å². The van der Waals surface area contributed by atoms with Crippen LogP contribution in [0.1, 0.15) is 18.0 Å². The number of phenolic OH excluding ortho intramolecular Hbond substituents is 1. The van der Waals surface area contributed by atoms with Gasteiger partial charge in [-0.2, -0.15) is 0 Å². The summed E-state index contributed by atoms with van der Waals surface area (Å²) >= 11 is 0. The number of fused-ring (bicyclic) bond motifs is 1. The summed E-state index contributed by atoms with van der Waals surface area (Å²) in [7, 11) is 0. The van der Waals surface area contributed by atoms with Crippen LogP contribution in [0.3, 0.4) is 0 Å². The molecular formula is C13H17NO3. The van der Waals surface area contributed by atoms with E-state index >= 15 is 0 Å². The summed E-state index contributed by atoms with van der Waals surface area (Å²) < 4.78 is 11.1. The van der Waals surface area contributed by atoms with Crippen LogP contribution in [0.25, 0.3) is 0 Å². The van der Waals surface area contributed by atoms with E-state index in [1.165, 1.54) is 5.56 Å². The highest BCUT2D eigenvalue weighted by atomic mass is 16.5. The largest absolute Gasteiger partial charge is 0.508 e. The van der Waals surface area contributed by atoms with Crippen molar-refractivity contribution < 1.29 is 14.6 Å². The Labute approximate surface area is 101 Å². The first kappa shape index (κ1) is 10.9. The molecule has 0 aliphatic carbocycles. The molecule has 1 saturated heterocycles. The highest BCUT2D eigenvalue weighted by molar-refractivity contribution is 5.44. The molecule has 4 heteroatoms. The van der Waals surface area contributed by atoms with Crippen molar-refractivity contribution in [2.45, 2.75) is 12.5 Å². The molecule has 2 heterocycles. The molecular weight excluding hydrogens is 218 g/mol. The molecule has 2 aliphatic heterocycles. The normalized spacial score (nSPS) is 25.1. The zero-order valence-corrected chi connectivity index (χ0v) is 9.76. The summed E-state index contributed by atoms with van der Waals surface area (Å²) in [5.41, 5.74) is 1.18. The SMILES string of the molecule is Oc1ccc2c(c1)OCC2N1CCCOCC1. The Morgan fingerprint density at radius 1 is 1.24 bits per heavy atom. The van der Waals surface area contributed by atoms with Crippen LogP contribution in [0, 0.1) is 0 Å². The van der Waals surface area contributed by atoms with E-state index in [9.17, 15) is 5.11 Å². The number of ether oxygens (including phenoxy) is 2. The van der Waals surface area contributed by atoms with E-state index in [2.05, 4.69) is 4.90 Å². The molecule has 1 aromatic carbocycles. The Bertz CT molecular complexity index is 400. The lowest BCUT2D eigenvalue weighted by Crippen LogP contribution is -2.32. The van der Waals surface area contributed by atoms with Gasteiger partial charge in [0.05, 0.1) is 12.6 Å². The molecule has 0 amide bonds. The van der Waals surface area contributed by atoms with Crippen molar-refractivity contribution in [3.8, 4) is 11.5 Å². The number of rotatable bonds is 1. The molecule has 1 atom stereocenters. The molecule has 3 rings (SSSR count). The first-order valence-corrected chi connectivity index (χ1v) is 6.12. The Morgan fingerprint density at radius 3 is 3.12 bits per heavy atom. The first-order chi connectivity index (χ1) is 8.34. The molecule has 1 aromatic rings. The minimum Gasteiger partial charge on any atom is -0.508 e. The van der Waals surface area contributed by atoms with E-state index in [0.29, 0.717) is 12.6 Å². The summed E-state index contributed by atoms with van der Waals surface area (Å²) in [5, 5.41) is 9.42. The molecule has 0 radical (unpaired) electrons. The number of aromatic hydroxyl groups is 1. The predicted octanol–water partition coefficient (Wildman–Crippen LogP) is 1.55. The van der Waals surface area contributed by atoms with Crippen LogP contribution >= 0.6 is 0 Å². The average molecular weight is 235 g/mol. The van der Waals surface area contributed by atoms with E-state index in [0.717, 1.165) is 38.5 Å². The zero-order chi connectivity index (χ0) is 11.7. The third kappa shape index (κ3) is 2.10. The number of hydrogen-bond donors (Lipinski definition) is 1. The van der Waals surface area contributed by atoms with Gasteiger partial charge in [0.25, 0.3) is 0 Å². The summed E-state index contributed by atoms with van der Waals surface area (Å²) in [4.78, 5) is 2.41. The second-order valence-electron chi connectivity index (χ2n) is 4.55. The molecule has 2 aliphatic rings. The molecule has 1 fully saturated rings. The minimum absolute atomic E-state index is 0.267. The van der Waals surface area contributed by atoms with Gasteiger partial charge in [-0.1, -0.05) is 0 Å². The lowest BCUT2D eigenvalue weighted by Gasteiger charge is -2.25. The van der Waals surface area contributed by atoms with Crippen LogP contribution in [0.15, 0.2) is 18.2 Å². The van der Waals surface area contributed by atoms with E-state index in [1.54, 1.807) is 12.1 Å². The predicted molar refractivity (Wildman–Crippen MR) is 63.4 cm³/mol. The van der Waals surface area contributed by atoms with Crippen molar-refractivity contribution in [3.05, 3.63) is 23.8 Å². The molecule has 0 bridgehead atoms. The van der Waals surface area contributed by atoms with Crippen molar-refractivity contribution in [1.29, 1.82) is 0 Å². The third-order valence-electron chi connectivity index (χ3n) is 3.45. The Morgan fingerprint density at radius 2 is 2.18 bits per heavy atom. The van der Waals surface area contributed by atoms with Gasteiger partial charge < -0.3 is 14.6 Å². The summed E-state index contributed by atoms with van der Waals surface area (Å²) in [5.74, 6) is 1.09. The molecule has 1 N–H and O–H groups in total. The number of nitrogens with zero attached hydrogens (tertiary/aromatic N) is 1. The lowest BCUT2D eigenvalue weighted by atomic mass is 10.1. The van der Waals surface area contributed by atoms with Crippen LogP contribution in [0.2, 0.25) is 0 Å². The van der Waals surface area contributed by atoms with Crippen LogP contribution in [0.4, 0.5) is 0 Å². The van der Waals surface area contributed by atoms with Gasteiger partial charge in [0.2, 0.25) is 0 Å². The molecule has 0 saturated carbocycles. The van der Waals surface area contributed by atoms with Gasteiger partial charge in [-0.05, 0) is 18.6 Å². The standard InChI is InChI=1S/C13H17NO3/c15-10-2-3-11-12(9-17-13(11)8-10)14-4-1-6-16-7-5-14/h2-3,8,12,15H,1,4-7,9H2. The maximum absolute atomic E-state index is 9.42. The van der Waals surface area contributed by atoms with Gasteiger partial charge in [0, 0.05) is 31.3 Å². The van der Waals surface area contributed by atoms with Gasteiger partial charge in [0.1, 0.15) is 18.1 Å². The first-order valence-electron chi connectivity index (χ1n) is 6.12. The lowest BCUT2D eigenvalue weighted by molar-refractivity contribution is 0.124. The summed E-state index contributed by atoms with van der Waals surface area (Å²) in [6.07, 6.45) is 1.07. The van der Waals surface area contributed by atoms with Crippen LogP contribution in [-0.2, 0) is 4.74 Å². The molecule has 4 nitrogen and oxygen atoms in total. The van der Waals surface area contributed by atoms with Gasteiger partial charge in [-0.25, -0.2) is 0 Å². The number of benzene rings is 1. The minimum atomic E-state index is 0.267. The van der Waals surface area contributed by atoms with Gasteiger partial charge >= 0.3 is 0 Å². The van der Waals surface area contributed by atoms with Gasteiger partial charge in [-0.3, -0.25) is 4.90 Å². The van der Waals surface area contributed by atoms with Crippen molar-refractivity contribution in [1.82, 2.24) is 4.90 Å². The molecule has 17 heavy (non-hydrogen) atoms. The van der Waals surface area contributed by atoms with Crippen LogP contribution in [0.5, 0.6) is 11.5 Å². The Kier molecular flexibility index (Phi) is 2.91. The van der Waals surface area contributed by atoms with Crippen molar-refractivity contribution in [2.24, 2.45) is 0 Å². The van der Waals surface area contributed by atoms with Gasteiger partial charge in [0.15, 0.2) is 0 Å². The van der Waals surface area contributed by atoms with Crippen molar-refractivity contribution >= 4 is 0 Å². The van der Waals surface area contributed by atoms with E-state index in [4.69, 9.17) is 9.47 Å². The van der Waals surface area contributed by atoms with Crippen LogP contribution < -0.4 is 4.74 Å². The summed E-state index contributed by atoms with van der Waals surface area (Å²) in [6, 6.07) is 5.71. The molecule has 1 unspecified atom stereocenters. The quantitative estimate of drug-likeness (QED) is 0.802. The summed E-state index contributed by atoms with van der Waals surface area (Å²) in [6.45, 7) is 4.33. The second-order valence-corrected chi connectivity index (χ2v) is 4.55. The Hall–Kier alpha value is -1.26. The van der Waals surface area contributed by atoms with Crippen molar-refractivity contribution in [2.75, 3.05) is 32.9 Å². The zero-order valence-electron chi connectivity index (χ0n) is 9.76. The smallest absolute Gasteiger partial charge is 0.127 e. The van der Waals surface area contributed by atoms with Crippen molar-refractivity contribution in [3.63, 3.8) is 0 Å². The highest BCUT2D eigenvalue weighted by Gasteiger charge is 2.30. The number of hydrogen-bond acceptors (Lipinski definition) is 4. The average Bonchev–Trinajstić information content (AvgIpc) is 2.57. The second kappa shape index (κ2) is 4.55. The van der Waals surface area contributed by atoms with Gasteiger partial charge in [-0.15, -0.1) is 0 Å². The monoisotopic (exact) mass is 235 g/mol. The maximum atomic E-state index is 9.42. The molecule has 92 valence electrons. The van der Waals surface area contributed by atoms with Crippen LogP contribution in [-0.4, -0.2) is 42.9 Å². The maximum Gasteiger partial charge on any atom is 0.127 e. The fourth-order valence-electron chi connectivity index (χ4n) is 2.56. The Balaban J connectivity index is 1.82. The third-order valence-corrected chi connectivity index (χ3v) is 3.45. The fraction of sp³-hybridized carbons (Fsp3) is 0.538. The van der Waals surface area contributed by atoms with E-state index in [-0.39, 0.29) is 5.75 Å². The number of phenols is 1. The highest BCUT2D eigenvalue weighted by Crippen LogP contribution is 2.38. The van der Waals surface area contributed by atoms with E-state index < -0.39 is 0 Å². The van der Waals surface area contributed by atoms with E-state index in [1.807, 2.05) is 6.07 Å². The fourth-order valence-corrected chi connectivity index (χ4v) is 2.56. The molecule has 0 spiro atoms.